The normalized spacial score (nSPS) is 13.6. The van der Waals surface area contributed by atoms with Crippen LogP contribution in [0.5, 0.6) is 5.75 Å². The smallest absolute Gasteiger partial charge is 0.341 e. The molecule has 9 heteroatoms. The van der Waals surface area contributed by atoms with Gasteiger partial charge in [0.05, 0.1) is 24.2 Å². The molecule has 0 saturated carbocycles. The Hall–Kier alpha value is -2.68. The minimum absolute atomic E-state index is 0.0254. The van der Waals surface area contributed by atoms with Gasteiger partial charge in [-0.3, -0.25) is 4.79 Å². The Morgan fingerprint density at radius 3 is 2.70 bits per heavy atom. The number of nitrogens with one attached hydrogen (secondary N) is 1. The van der Waals surface area contributed by atoms with E-state index in [1.54, 1.807) is 13.2 Å². The van der Waals surface area contributed by atoms with Crippen molar-refractivity contribution in [3.05, 3.63) is 48.0 Å². The van der Waals surface area contributed by atoms with E-state index in [1.807, 2.05) is 17.0 Å². The largest absolute Gasteiger partial charge is 0.497 e. The lowest BCUT2D eigenvalue weighted by Crippen LogP contribution is -2.32. The third kappa shape index (κ3) is 3.87. The number of benzene rings is 2. The maximum Gasteiger partial charge on any atom is 0.341 e. The van der Waals surface area contributed by atoms with Gasteiger partial charge in [0.1, 0.15) is 5.75 Å². The lowest BCUT2D eigenvalue weighted by atomic mass is 10.1. The maximum atomic E-state index is 12.9. The first-order valence-electron chi connectivity index (χ1n) is 8.15. The van der Waals surface area contributed by atoms with E-state index in [9.17, 15) is 22.0 Å². The van der Waals surface area contributed by atoms with Gasteiger partial charge in [-0.25, -0.2) is 8.42 Å². The van der Waals surface area contributed by atoms with Crippen molar-refractivity contribution in [2.75, 3.05) is 30.4 Å². The van der Waals surface area contributed by atoms with Crippen LogP contribution in [0.4, 0.5) is 20.2 Å². The number of sulfone groups is 1. The Labute approximate surface area is 155 Å². The molecular formula is C18H18F2N2O4S. The second-order valence-corrected chi connectivity index (χ2v) is 7.90. The fourth-order valence-electron chi connectivity index (χ4n) is 3.01. The Kier molecular flexibility index (Phi) is 5.31. The van der Waals surface area contributed by atoms with Gasteiger partial charge in [0, 0.05) is 12.2 Å². The molecular weight excluding hydrogens is 378 g/mol. The molecule has 144 valence electrons. The average Bonchev–Trinajstić information content (AvgIpc) is 3.03. The van der Waals surface area contributed by atoms with Crippen molar-refractivity contribution >= 4 is 27.1 Å². The molecule has 1 heterocycles. The summed E-state index contributed by atoms with van der Waals surface area (Å²) in [5.74, 6) is -3.32. The number of nitrogens with zero attached hydrogens (tertiary/aromatic N) is 1. The third-order valence-electron chi connectivity index (χ3n) is 4.32. The zero-order valence-corrected chi connectivity index (χ0v) is 15.3. The highest BCUT2D eigenvalue weighted by molar-refractivity contribution is 7.91. The Morgan fingerprint density at radius 2 is 2.00 bits per heavy atom. The number of hydrogen-bond acceptors (Lipinski definition) is 5. The molecule has 1 N–H and O–H groups in total. The van der Waals surface area contributed by atoms with Crippen LogP contribution in [0.3, 0.4) is 0 Å². The average molecular weight is 396 g/mol. The number of amides is 1. The summed E-state index contributed by atoms with van der Waals surface area (Å²) in [6.07, 6.45) is 0.746. The number of ether oxygens (including phenoxy) is 1. The molecule has 0 aliphatic carbocycles. The summed E-state index contributed by atoms with van der Waals surface area (Å²) in [6.45, 7) is 0.593. The molecule has 0 atom stereocenters. The van der Waals surface area contributed by atoms with Gasteiger partial charge in [0.15, 0.2) is 0 Å². The SMILES string of the molecule is COc1ccc2c(c1)CCN2CC(=O)Nc1ccccc1S(=O)(=O)C(F)F. The van der Waals surface area contributed by atoms with Crippen LogP contribution in [-0.4, -0.2) is 40.3 Å². The number of carbonyl (C=O) groups is 1. The summed E-state index contributed by atoms with van der Waals surface area (Å²) in [7, 11) is -3.24. The Bertz CT molecular complexity index is 964. The van der Waals surface area contributed by atoms with Crippen LogP contribution in [0.25, 0.3) is 0 Å². The molecule has 6 nitrogen and oxygen atoms in total. The van der Waals surface area contributed by atoms with E-state index >= 15 is 0 Å². The minimum atomic E-state index is -4.81. The molecule has 2 aromatic rings. The monoisotopic (exact) mass is 396 g/mol. The second-order valence-electron chi connectivity index (χ2n) is 6.02. The van der Waals surface area contributed by atoms with Gasteiger partial charge in [-0.15, -0.1) is 0 Å². The number of carbonyl (C=O) groups excluding carboxylic acids is 1. The van der Waals surface area contributed by atoms with Crippen LogP contribution < -0.4 is 15.0 Å². The Morgan fingerprint density at radius 1 is 1.26 bits per heavy atom. The summed E-state index contributed by atoms with van der Waals surface area (Å²) in [4.78, 5) is 13.6. The van der Waals surface area contributed by atoms with E-state index in [0.717, 1.165) is 29.5 Å². The molecule has 27 heavy (non-hydrogen) atoms. The van der Waals surface area contributed by atoms with E-state index < -0.39 is 26.4 Å². The van der Waals surface area contributed by atoms with Crippen molar-refractivity contribution in [1.29, 1.82) is 0 Å². The molecule has 0 radical (unpaired) electrons. The zero-order chi connectivity index (χ0) is 19.6. The number of halogens is 2. The van der Waals surface area contributed by atoms with Crippen LogP contribution in [0.2, 0.25) is 0 Å². The molecule has 0 spiro atoms. The van der Waals surface area contributed by atoms with E-state index in [1.165, 1.54) is 18.2 Å². The molecule has 0 fully saturated rings. The lowest BCUT2D eigenvalue weighted by molar-refractivity contribution is -0.115. The topological polar surface area (TPSA) is 75.7 Å². The number of para-hydroxylation sites is 1. The van der Waals surface area contributed by atoms with Gasteiger partial charge in [0.2, 0.25) is 15.7 Å². The number of alkyl halides is 2. The second kappa shape index (κ2) is 7.51. The first kappa shape index (κ1) is 19.1. The standard InChI is InChI=1S/C18H18F2N2O4S/c1-26-13-6-7-15-12(10-13)8-9-22(15)11-17(23)21-14-4-2-3-5-16(14)27(24,25)18(19)20/h2-7,10,18H,8-9,11H2,1H3,(H,21,23). The minimum Gasteiger partial charge on any atom is -0.497 e. The first-order chi connectivity index (χ1) is 12.8. The van der Waals surface area contributed by atoms with Crippen LogP contribution in [0, 0.1) is 0 Å². The van der Waals surface area contributed by atoms with E-state index in [0.29, 0.717) is 6.54 Å². The lowest BCUT2D eigenvalue weighted by Gasteiger charge is -2.19. The molecule has 0 saturated heterocycles. The third-order valence-corrected chi connectivity index (χ3v) is 5.75. The van der Waals surface area contributed by atoms with E-state index in [2.05, 4.69) is 5.32 Å². The van der Waals surface area contributed by atoms with E-state index in [4.69, 9.17) is 4.74 Å². The van der Waals surface area contributed by atoms with Crippen molar-refractivity contribution in [3.8, 4) is 5.75 Å². The fraction of sp³-hybridized carbons (Fsp3) is 0.278. The highest BCUT2D eigenvalue weighted by Crippen LogP contribution is 2.31. The number of anilines is 2. The van der Waals surface area contributed by atoms with Gasteiger partial charge < -0.3 is 15.0 Å². The van der Waals surface area contributed by atoms with Gasteiger partial charge in [-0.05, 0) is 42.3 Å². The predicted molar refractivity (Wildman–Crippen MR) is 97.2 cm³/mol. The van der Waals surface area contributed by atoms with Gasteiger partial charge >= 0.3 is 5.76 Å². The molecule has 0 unspecified atom stereocenters. The number of fused-ring (bicyclic) bond motifs is 1. The fourth-order valence-corrected chi connectivity index (χ4v) is 3.90. The summed E-state index contributed by atoms with van der Waals surface area (Å²) in [5, 5.41) is 2.43. The van der Waals surface area contributed by atoms with Crippen molar-refractivity contribution in [2.24, 2.45) is 0 Å². The van der Waals surface area contributed by atoms with Crippen molar-refractivity contribution in [2.45, 2.75) is 17.1 Å². The first-order valence-corrected chi connectivity index (χ1v) is 9.70. The number of methoxy groups -OCH3 is 1. The summed E-state index contributed by atoms with van der Waals surface area (Å²) in [6, 6.07) is 10.7. The zero-order valence-electron chi connectivity index (χ0n) is 14.5. The van der Waals surface area contributed by atoms with Gasteiger partial charge in [-0.2, -0.15) is 8.78 Å². The van der Waals surface area contributed by atoms with E-state index in [-0.39, 0.29) is 12.2 Å². The molecule has 1 aliphatic heterocycles. The molecule has 0 bridgehead atoms. The Balaban J connectivity index is 1.76. The van der Waals surface area contributed by atoms with Gasteiger partial charge in [-0.1, -0.05) is 12.1 Å². The van der Waals surface area contributed by atoms with Crippen LogP contribution in [0.1, 0.15) is 5.56 Å². The molecule has 1 amide bonds. The highest BCUT2D eigenvalue weighted by atomic mass is 32.2. The predicted octanol–water partition coefficient (Wildman–Crippen LogP) is 2.69. The van der Waals surface area contributed by atoms with Gasteiger partial charge in [0.25, 0.3) is 0 Å². The quantitative estimate of drug-likeness (QED) is 0.813. The molecule has 0 aromatic heterocycles. The number of rotatable bonds is 6. The molecule has 2 aromatic carbocycles. The van der Waals surface area contributed by atoms with Crippen molar-refractivity contribution in [3.63, 3.8) is 0 Å². The molecule has 1 aliphatic rings. The van der Waals surface area contributed by atoms with Crippen molar-refractivity contribution in [1.82, 2.24) is 0 Å². The summed E-state index contributed by atoms with van der Waals surface area (Å²) < 4.78 is 54.4. The van der Waals surface area contributed by atoms with Crippen LogP contribution in [0.15, 0.2) is 47.4 Å². The van der Waals surface area contributed by atoms with Crippen LogP contribution >= 0.6 is 0 Å². The number of hydrogen-bond donors (Lipinski definition) is 1. The highest BCUT2D eigenvalue weighted by Gasteiger charge is 2.30. The summed E-state index contributed by atoms with van der Waals surface area (Å²) >= 11 is 0. The van der Waals surface area contributed by atoms with Crippen molar-refractivity contribution < 1.29 is 26.7 Å². The summed E-state index contributed by atoms with van der Waals surface area (Å²) in [5.41, 5.74) is 1.78. The molecule has 3 rings (SSSR count). The maximum absolute atomic E-state index is 12.9. The van der Waals surface area contributed by atoms with Crippen LogP contribution in [-0.2, 0) is 21.1 Å².